The van der Waals surface area contributed by atoms with E-state index in [-0.39, 0.29) is 11.5 Å². The molecule has 0 aliphatic heterocycles. The standard InChI is InChI=1S/C14H12ClFN2O2/c1-9-6-14(18(19)20)13(7-12(9)15)17-8-10-2-4-11(16)5-3-10/h2-7,17H,8H2,1H3. The second-order valence-electron chi connectivity index (χ2n) is 4.36. The summed E-state index contributed by atoms with van der Waals surface area (Å²) in [6, 6.07) is 8.86. The van der Waals surface area contributed by atoms with Gasteiger partial charge in [0.2, 0.25) is 0 Å². The van der Waals surface area contributed by atoms with Crippen molar-refractivity contribution in [3.05, 3.63) is 68.5 Å². The van der Waals surface area contributed by atoms with E-state index in [9.17, 15) is 14.5 Å². The molecule has 0 unspecified atom stereocenters. The Morgan fingerprint density at radius 3 is 2.55 bits per heavy atom. The van der Waals surface area contributed by atoms with Crippen LogP contribution in [0.3, 0.4) is 0 Å². The molecule has 0 aliphatic rings. The smallest absolute Gasteiger partial charge is 0.292 e. The van der Waals surface area contributed by atoms with Gasteiger partial charge in [-0.25, -0.2) is 4.39 Å². The molecule has 104 valence electrons. The van der Waals surface area contributed by atoms with Gasteiger partial charge in [-0.05, 0) is 36.2 Å². The lowest BCUT2D eigenvalue weighted by Gasteiger charge is -2.09. The van der Waals surface area contributed by atoms with Gasteiger partial charge in [0.05, 0.1) is 4.92 Å². The van der Waals surface area contributed by atoms with Crippen LogP contribution in [0.1, 0.15) is 11.1 Å². The van der Waals surface area contributed by atoms with Gasteiger partial charge in [-0.2, -0.15) is 0 Å². The number of rotatable bonds is 4. The monoisotopic (exact) mass is 294 g/mol. The van der Waals surface area contributed by atoms with Gasteiger partial charge in [0, 0.05) is 17.6 Å². The highest BCUT2D eigenvalue weighted by Crippen LogP contribution is 2.31. The molecule has 1 N–H and O–H groups in total. The fourth-order valence-corrected chi connectivity index (χ4v) is 1.92. The average Bonchev–Trinajstić information content (AvgIpc) is 2.41. The molecule has 2 rings (SSSR count). The van der Waals surface area contributed by atoms with Crippen molar-refractivity contribution in [2.45, 2.75) is 13.5 Å². The highest BCUT2D eigenvalue weighted by atomic mass is 35.5. The van der Waals surface area contributed by atoms with Gasteiger partial charge in [0.25, 0.3) is 5.69 Å². The summed E-state index contributed by atoms with van der Waals surface area (Å²) >= 11 is 5.98. The number of aryl methyl sites for hydroxylation is 1. The first kappa shape index (κ1) is 14.3. The summed E-state index contributed by atoms with van der Waals surface area (Å²) in [4.78, 5) is 10.6. The van der Waals surface area contributed by atoms with Crippen LogP contribution in [0.15, 0.2) is 36.4 Å². The fourth-order valence-electron chi connectivity index (χ4n) is 1.76. The van der Waals surface area contributed by atoms with Crippen molar-refractivity contribution in [1.82, 2.24) is 0 Å². The summed E-state index contributed by atoms with van der Waals surface area (Å²) < 4.78 is 12.8. The van der Waals surface area contributed by atoms with Crippen molar-refractivity contribution in [2.75, 3.05) is 5.32 Å². The number of nitrogens with one attached hydrogen (secondary N) is 1. The molecule has 0 amide bonds. The van der Waals surface area contributed by atoms with Gasteiger partial charge < -0.3 is 5.32 Å². The zero-order chi connectivity index (χ0) is 14.7. The van der Waals surface area contributed by atoms with Crippen molar-refractivity contribution >= 4 is 23.0 Å². The molecule has 0 radical (unpaired) electrons. The lowest BCUT2D eigenvalue weighted by Crippen LogP contribution is -2.03. The Morgan fingerprint density at radius 1 is 1.30 bits per heavy atom. The molecular weight excluding hydrogens is 283 g/mol. The van der Waals surface area contributed by atoms with Crippen LogP contribution in [0, 0.1) is 22.9 Å². The molecule has 0 bridgehead atoms. The summed E-state index contributed by atoms with van der Waals surface area (Å²) in [6.07, 6.45) is 0. The van der Waals surface area contributed by atoms with Crippen LogP contribution in [-0.2, 0) is 6.54 Å². The highest BCUT2D eigenvalue weighted by molar-refractivity contribution is 6.31. The number of nitrogens with zero attached hydrogens (tertiary/aromatic N) is 1. The van der Waals surface area contributed by atoms with Gasteiger partial charge in [-0.15, -0.1) is 0 Å². The van der Waals surface area contributed by atoms with Gasteiger partial charge in [-0.1, -0.05) is 23.7 Å². The molecule has 0 saturated carbocycles. The lowest BCUT2D eigenvalue weighted by molar-refractivity contribution is -0.384. The molecule has 20 heavy (non-hydrogen) atoms. The number of hydrogen-bond donors (Lipinski definition) is 1. The van der Waals surface area contributed by atoms with Crippen molar-refractivity contribution in [2.24, 2.45) is 0 Å². The molecule has 0 fully saturated rings. The van der Waals surface area contributed by atoms with Crippen molar-refractivity contribution < 1.29 is 9.31 Å². The number of hydrogen-bond acceptors (Lipinski definition) is 3. The zero-order valence-electron chi connectivity index (χ0n) is 10.7. The Bertz CT molecular complexity index is 644. The molecule has 0 atom stereocenters. The molecule has 0 heterocycles. The van der Waals surface area contributed by atoms with E-state index < -0.39 is 4.92 Å². The third-order valence-corrected chi connectivity index (χ3v) is 3.28. The number of nitro benzene ring substituents is 1. The first-order valence-corrected chi connectivity index (χ1v) is 6.28. The lowest BCUT2D eigenvalue weighted by atomic mass is 10.1. The minimum absolute atomic E-state index is 0.0333. The van der Waals surface area contributed by atoms with E-state index >= 15 is 0 Å². The van der Waals surface area contributed by atoms with Crippen molar-refractivity contribution in [1.29, 1.82) is 0 Å². The van der Waals surface area contributed by atoms with Gasteiger partial charge >= 0.3 is 0 Å². The maximum atomic E-state index is 12.8. The van der Waals surface area contributed by atoms with E-state index in [0.717, 1.165) is 5.56 Å². The number of benzene rings is 2. The average molecular weight is 295 g/mol. The topological polar surface area (TPSA) is 55.2 Å². The van der Waals surface area contributed by atoms with Gasteiger partial charge in [0.1, 0.15) is 11.5 Å². The highest BCUT2D eigenvalue weighted by Gasteiger charge is 2.15. The van der Waals surface area contributed by atoms with Crippen LogP contribution in [0.2, 0.25) is 5.02 Å². The van der Waals surface area contributed by atoms with E-state index in [0.29, 0.717) is 22.8 Å². The molecular formula is C14H12ClFN2O2. The predicted molar refractivity (Wildman–Crippen MR) is 76.6 cm³/mol. The van der Waals surface area contributed by atoms with Crippen molar-refractivity contribution in [3.8, 4) is 0 Å². The minimum Gasteiger partial charge on any atom is -0.375 e. The summed E-state index contributed by atoms with van der Waals surface area (Å²) in [5.74, 6) is -0.321. The Kier molecular flexibility index (Phi) is 4.20. The van der Waals surface area contributed by atoms with Crippen LogP contribution < -0.4 is 5.32 Å². The summed E-state index contributed by atoms with van der Waals surface area (Å²) in [7, 11) is 0. The molecule has 0 spiro atoms. The summed E-state index contributed by atoms with van der Waals surface area (Å²) in [6.45, 7) is 2.06. The number of anilines is 1. The summed E-state index contributed by atoms with van der Waals surface area (Å²) in [5.41, 5.74) is 1.77. The van der Waals surface area contributed by atoms with E-state index in [1.165, 1.54) is 24.3 Å². The fraction of sp³-hybridized carbons (Fsp3) is 0.143. The number of halogens is 2. The number of nitro groups is 1. The van der Waals surface area contributed by atoms with Crippen molar-refractivity contribution in [3.63, 3.8) is 0 Å². The molecule has 0 aliphatic carbocycles. The molecule has 2 aromatic rings. The van der Waals surface area contributed by atoms with Crippen LogP contribution in [0.25, 0.3) is 0 Å². The second-order valence-corrected chi connectivity index (χ2v) is 4.76. The van der Waals surface area contributed by atoms with E-state index in [1.54, 1.807) is 19.1 Å². The third-order valence-electron chi connectivity index (χ3n) is 2.87. The van der Waals surface area contributed by atoms with Gasteiger partial charge in [-0.3, -0.25) is 10.1 Å². The largest absolute Gasteiger partial charge is 0.375 e. The third kappa shape index (κ3) is 3.24. The zero-order valence-corrected chi connectivity index (χ0v) is 11.4. The molecule has 6 heteroatoms. The molecule has 0 saturated heterocycles. The summed E-state index contributed by atoms with van der Waals surface area (Å²) in [5, 5.41) is 14.4. The molecule has 2 aromatic carbocycles. The maximum absolute atomic E-state index is 12.8. The Balaban J connectivity index is 2.22. The molecule has 0 aromatic heterocycles. The van der Waals surface area contributed by atoms with Crippen LogP contribution in [-0.4, -0.2) is 4.92 Å². The normalized spacial score (nSPS) is 10.3. The van der Waals surface area contributed by atoms with E-state index in [2.05, 4.69) is 5.32 Å². The Labute approximate surface area is 120 Å². The Morgan fingerprint density at radius 2 is 1.95 bits per heavy atom. The Hall–Kier alpha value is -2.14. The maximum Gasteiger partial charge on any atom is 0.292 e. The van der Waals surface area contributed by atoms with Crippen LogP contribution in [0.5, 0.6) is 0 Å². The van der Waals surface area contributed by atoms with E-state index in [4.69, 9.17) is 11.6 Å². The predicted octanol–water partition coefficient (Wildman–Crippen LogP) is 4.31. The van der Waals surface area contributed by atoms with E-state index in [1.807, 2.05) is 0 Å². The van der Waals surface area contributed by atoms with Crippen LogP contribution in [0.4, 0.5) is 15.8 Å². The molecule has 4 nitrogen and oxygen atoms in total. The first-order chi connectivity index (χ1) is 9.47. The second kappa shape index (κ2) is 5.88. The van der Waals surface area contributed by atoms with Gasteiger partial charge in [0.15, 0.2) is 0 Å². The first-order valence-electron chi connectivity index (χ1n) is 5.90. The minimum atomic E-state index is -0.462. The van der Waals surface area contributed by atoms with Crippen LogP contribution >= 0.6 is 11.6 Å². The SMILES string of the molecule is Cc1cc([N+](=O)[O-])c(NCc2ccc(F)cc2)cc1Cl. The quantitative estimate of drug-likeness (QED) is 0.675.